The fraction of sp³-hybridized carbons (Fsp3) is 0.280. The molecular weight excluding hydrogens is 426 g/mol. The third-order valence-electron chi connectivity index (χ3n) is 5.34. The van der Waals surface area contributed by atoms with Crippen LogP contribution in [0.3, 0.4) is 0 Å². The second-order valence-corrected chi connectivity index (χ2v) is 8.16. The number of carbonyl (C=O) groups is 1. The van der Waals surface area contributed by atoms with E-state index in [1.807, 2.05) is 50.2 Å². The summed E-state index contributed by atoms with van der Waals surface area (Å²) in [6.07, 6.45) is 3.29. The van der Waals surface area contributed by atoms with E-state index in [1.165, 1.54) is 6.26 Å². The van der Waals surface area contributed by atoms with Crippen LogP contribution in [0.4, 0.5) is 0 Å². The molecule has 4 rings (SSSR count). The van der Waals surface area contributed by atoms with Gasteiger partial charge in [0.15, 0.2) is 5.76 Å². The van der Waals surface area contributed by atoms with Crippen molar-refractivity contribution in [2.24, 2.45) is 0 Å². The number of nitrogens with zero attached hydrogens (tertiary/aromatic N) is 2. The van der Waals surface area contributed by atoms with Crippen molar-refractivity contribution in [3.8, 4) is 5.75 Å². The Hall–Kier alpha value is -3.25. The Kier molecular flexibility index (Phi) is 6.81. The van der Waals surface area contributed by atoms with Crippen molar-refractivity contribution in [3.05, 3.63) is 83.0 Å². The van der Waals surface area contributed by atoms with Crippen molar-refractivity contribution in [3.63, 3.8) is 0 Å². The highest BCUT2D eigenvalue weighted by atomic mass is 35.5. The third-order valence-corrected chi connectivity index (χ3v) is 5.76. The number of aromatic nitrogens is 2. The van der Waals surface area contributed by atoms with E-state index in [0.717, 1.165) is 52.6 Å². The number of unbranched alkanes of at least 4 members (excludes halogenated alkanes) is 1. The number of benzene rings is 2. The summed E-state index contributed by atoms with van der Waals surface area (Å²) in [4.78, 5) is 17.2. The summed E-state index contributed by atoms with van der Waals surface area (Å²) in [5.41, 5.74) is 2.97. The van der Waals surface area contributed by atoms with Crippen LogP contribution in [0.1, 0.15) is 47.7 Å². The van der Waals surface area contributed by atoms with Gasteiger partial charge in [-0.05, 0) is 74.7 Å². The number of aryl methyl sites for hydroxylation is 2. The van der Waals surface area contributed by atoms with Gasteiger partial charge in [-0.25, -0.2) is 4.98 Å². The van der Waals surface area contributed by atoms with E-state index in [2.05, 4.69) is 16.0 Å². The molecule has 4 aromatic rings. The average Bonchev–Trinajstić information content (AvgIpc) is 3.44. The van der Waals surface area contributed by atoms with Crippen molar-refractivity contribution in [2.45, 2.75) is 39.3 Å². The molecule has 0 saturated heterocycles. The van der Waals surface area contributed by atoms with Crippen LogP contribution in [0.15, 0.2) is 65.3 Å². The number of hydrogen-bond acceptors (Lipinski definition) is 4. The summed E-state index contributed by atoms with van der Waals surface area (Å²) in [6.45, 7) is 5.30. The predicted octanol–water partition coefficient (Wildman–Crippen LogP) is 5.94. The van der Waals surface area contributed by atoms with Gasteiger partial charge in [0.1, 0.15) is 11.6 Å². The molecule has 0 aliphatic heterocycles. The minimum atomic E-state index is -0.270. The number of furan rings is 1. The average molecular weight is 452 g/mol. The van der Waals surface area contributed by atoms with Crippen LogP contribution in [0, 0.1) is 6.92 Å². The highest BCUT2D eigenvalue weighted by Gasteiger charge is 2.20. The van der Waals surface area contributed by atoms with Gasteiger partial charge in [0.05, 0.1) is 29.9 Å². The fourth-order valence-corrected chi connectivity index (χ4v) is 3.79. The van der Waals surface area contributed by atoms with Gasteiger partial charge in [0, 0.05) is 11.6 Å². The van der Waals surface area contributed by atoms with Gasteiger partial charge in [-0.2, -0.15) is 0 Å². The molecule has 0 fully saturated rings. The SMILES string of the molecule is Cc1cc(OCCCCn2c(C(C)NC(=O)c3ccco3)nc3ccccc32)ccc1Cl. The highest BCUT2D eigenvalue weighted by Crippen LogP contribution is 2.23. The fourth-order valence-electron chi connectivity index (χ4n) is 3.67. The van der Waals surface area contributed by atoms with Gasteiger partial charge >= 0.3 is 0 Å². The molecule has 1 N–H and O–H groups in total. The lowest BCUT2D eigenvalue weighted by Crippen LogP contribution is -2.28. The first kappa shape index (κ1) is 22.0. The lowest BCUT2D eigenvalue weighted by Gasteiger charge is -2.16. The number of amides is 1. The van der Waals surface area contributed by atoms with E-state index in [0.29, 0.717) is 6.61 Å². The summed E-state index contributed by atoms with van der Waals surface area (Å²) < 4.78 is 13.2. The molecule has 7 heteroatoms. The normalized spacial score (nSPS) is 12.1. The zero-order valence-electron chi connectivity index (χ0n) is 18.2. The molecule has 1 unspecified atom stereocenters. The lowest BCUT2D eigenvalue weighted by molar-refractivity contribution is 0.0909. The molecule has 0 saturated carbocycles. The van der Waals surface area contributed by atoms with E-state index >= 15 is 0 Å². The van der Waals surface area contributed by atoms with E-state index in [4.69, 9.17) is 25.7 Å². The molecule has 2 heterocycles. The van der Waals surface area contributed by atoms with Crippen LogP contribution in [0.25, 0.3) is 11.0 Å². The second-order valence-electron chi connectivity index (χ2n) is 7.75. The Morgan fingerprint density at radius 2 is 2.03 bits per heavy atom. The molecule has 0 bridgehead atoms. The maximum absolute atomic E-state index is 12.4. The highest BCUT2D eigenvalue weighted by molar-refractivity contribution is 6.31. The molecule has 0 aliphatic rings. The number of halogens is 1. The van der Waals surface area contributed by atoms with E-state index < -0.39 is 0 Å². The Morgan fingerprint density at radius 3 is 2.81 bits per heavy atom. The Labute approximate surface area is 192 Å². The molecule has 166 valence electrons. The molecule has 0 radical (unpaired) electrons. The predicted molar refractivity (Wildman–Crippen MR) is 125 cm³/mol. The summed E-state index contributed by atoms with van der Waals surface area (Å²) in [5.74, 6) is 1.68. The van der Waals surface area contributed by atoms with Gasteiger partial charge in [-0.15, -0.1) is 0 Å². The lowest BCUT2D eigenvalue weighted by atomic mass is 10.2. The number of fused-ring (bicyclic) bond motifs is 1. The third kappa shape index (κ3) is 4.97. The van der Waals surface area contributed by atoms with Crippen molar-refractivity contribution in [1.29, 1.82) is 0 Å². The van der Waals surface area contributed by atoms with E-state index in [9.17, 15) is 4.79 Å². The van der Waals surface area contributed by atoms with Gasteiger partial charge < -0.3 is 19.0 Å². The van der Waals surface area contributed by atoms with Crippen LogP contribution in [-0.2, 0) is 6.54 Å². The number of rotatable bonds is 9. The van der Waals surface area contributed by atoms with Gasteiger partial charge in [0.2, 0.25) is 0 Å². The molecule has 1 amide bonds. The summed E-state index contributed by atoms with van der Waals surface area (Å²) in [7, 11) is 0. The molecule has 0 aliphatic carbocycles. The molecular formula is C25H26ClN3O3. The molecule has 32 heavy (non-hydrogen) atoms. The summed E-state index contributed by atoms with van der Waals surface area (Å²) >= 11 is 6.07. The first-order valence-corrected chi connectivity index (χ1v) is 11.1. The minimum Gasteiger partial charge on any atom is -0.494 e. The number of nitrogens with one attached hydrogen (secondary N) is 1. The van der Waals surface area contributed by atoms with Gasteiger partial charge in [-0.1, -0.05) is 23.7 Å². The molecule has 0 spiro atoms. The Morgan fingerprint density at radius 1 is 1.19 bits per heavy atom. The smallest absolute Gasteiger partial charge is 0.287 e. The van der Waals surface area contributed by atoms with Gasteiger partial charge in [-0.3, -0.25) is 4.79 Å². The Balaban J connectivity index is 1.40. The standard InChI is InChI=1S/C25H26ClN3O3/c1-17-16-19(11-12-20(17)26)31-14-6-5-13-29-22-9-4-3-8-21(22)28-24(29)18(2)27-25(30)23-10-7-15-32-23/h3-4,7-12,15-16,18H,5-6,13-14H2,1-2H3,(H,27,30). The monoisotopic (exact) mass is 451 g/mol. The molecule has 6 nitrogen and oxygen atoms in total. The van der Waals surface area contributed by atoms with Crippen LogP contribution in [0.5, 0.6) is 5.75 Å². The maximum atomic E-state index is 12.4. The van der Waals surface area contributed by atoms with Crippen molar-refractivity contribution in [1.82, 2.24) is 14.9 Å². The van der Waals surface area contributed by atoms with Crippen LogP contribution < -0.4 is 10.1 Å². The van der Waals surface area contributed by atoms with Gasteiger partial charge in [0.25, 0.3) is 5.91 Å². The molecule has 1 atom stereocenters. The quantitative estimate of drug-likeness (QED) is 0.319. The van der Waals surface area contributed by atoms with E-state index in [1.54, 1.807) is 12.1 Å². The summed E-state index contributed by atoms with van der Waals surface area (Å²) in [5, 5.41) is 3.72. The molecule has 2 aromatic carbocycles. The number of carbonyl (C=O) groups excluding carboxylic acids is 1. The first-order valence-electron chi connectivity index (χ1n) is 10.7. The largest absolute Gasteiger partial charge is 0.494 e. The summed E-state index contributed by atoms with van der Waals surface area (Å²) in [6, 6.07) is 16.8. The molecule has 2 aromatic heterocycles. The van der Waals surface area contributed by atoms with Crippen molar-refractivity contribution >= 4 is 28.5 Å². The zero-order chi connectivity index (χ0) is 22.5. The van der Waals surface area contributed by atoms with Crippen LogP contribution >= 0.6 is 11.6 Å². The zero-order valence-corrected chi connectivity index (χ0v) is 18.9. The number of ether oxygens (including phenoxy) is 1. The second kappa shape index (κ2) is 9.92. The van der Waals surface area contributed by atoms with Crippen LogP contribution in [0.2, 0.25) is 5.02 Å². The maximum Gasteiger partial charge on any atom is 0.287 e. The van der Waals surface area contributed by atoms with Crippen LogP contribution in [-0.4, -0.2) is 22.1 Å². The first-order chi connectivity index (χ1) is 15.5. The number of hydrogen-bond donors (Lipinski definition) is 1. The minimum absolute atomic E-state index is 0.257. The topological polar surface area (TPSA) is 69.3 Å². The number of para-hydroxylation sites is 2. The van der Waals surface area contributed by atoms with Crippen molar-refractivity contribution < 1.29 is 13.9 Å². The van der Waals surface area contributed by atoms with Crippen molar-refractivity contribution in [2.75, 3.05) is 6.61 Å². The van der Waals surface area contributed by atoms with E-state index in [-0.39, 0.29) is 17.7 Å². The number of imidazole rings is 1. The Bertz CT molecular complexity index is 1200.